The highest BCUT2D eigenvalue weighted by molar-refractivity contribution is 7.80. The molecule has 0 aliphatic heterocycles. The van der Waals surface area contributed by atoms with Gasteiger partial charge in [-0.3, -0.25) is 0 Å². The Morgan fingerprint density at radius 3 is 2.29 bits per heavy atom. The Kier molecular flexibility index (Phi) is 3.06. The average molecular weight is 213 g/mol. The summed E-state index contributed by atoms with van der Waals surface area (Å²) in [4.78, 5) is 0.266. The van der Waals surface area contributed by atoms with Crippen LogP contribution in [0.3, 0.4) is 0 Å². The van der Waals surface area contributed by atoms with Crippen molar-refractivity contribution >= 4 is 17.2 Å². The van der Waals surface area contributed by atoms with Crippen LogP contribution in [0.5, 0.6) is 5.75 Å². The zero-order chi connectivity index (χ0) is 10.8. The number of nitrogens with two attached hydrogens (primary N) is 1. The van der Waals surface area contributed by atoms with Crippen molar-refractivity contribution in [3.63, 3.8) is 0 Å². The van der Waals surface area contributed by atoms with Crippen molar-refractivity contribution in [2.24, 2.45) is 5.73 Å². The lowest BCUT2D eigenvalue weighted by Gasteiger charge is -2.24. The summed E-state index contributed by atoms with van der Waals surface area (Å²) in [5, 5.41) is 0. The van der Waals surface area contributed by atoms with E-state index in [0.29, 0.717) is 5.75 Å². The third-order valence-corrected chi connectivity index (χ3v) is 2.27. The van der Waals surface area contributed by atoms with Gasteiger partial charge in [0.2, 0.25) is 0 Å². The fourth-order valence-corrected chi connectivity index (χ4v) is 0.889. The van der Waals surface area contributed by atoms with Gasteiger partial charge in [0.15, 0.2) is 5.60 Å². The van der Waals surface area contributed by atoms with Gasteiger partial charge in [-0.05, 0) is 38.1 Å². The standard InChI is InChI=1S/C10H12FNOS/c1-10(2,9(12)14)13-8-5-3-7(11)4-6-8/h3-6H,1-2H3,(H2,12,14). The smallest absolute Gasteiger partial charge is 0.153 e. The molecule has 0 aliphatic carbocycles. The Morgan fingerprint density at radius 2 is 1.86 bits per heavy atom. The summed E-state index contributed by atoms with van der Waals surface area (Å²) in [6, 6.07) is 5.72. The molecule has 2 N–H and O–H groups in total. The van der Waals surface area contributed by atoms with Crippen molar-refractivity contribution in [2.45, 2.75) is 19.4 Å². The Morgan fingerprint density at radius 1 is 1.36 bits per heavy atom. The molecule has 0 spiro atoms. The van der Waals surface area contributed by atoms with Gasteiger partial charge >= 0.3 is 0 Å². The molecular formula is C10H12FNOS. The predicted molar refractivity (Wildman–Crippen MR) is 57.9 cm³/mol. The molecule has 0 saturated carbocycles. The highest BCUT2D eigenvalue weighted by atomic mass is 32.1. The lowest BCUT2D eigenvalue weighted by molar-refractivity contribution is 0.183. The molecule has 1 aromatic rings. The third-order valence-electron chi connectivity index (χ3n) is 1.78. The van der Waals surface area contributed by atoms with Crippen molar-refractivity contribution in [1.29, 1.82) is 0 Å². The first kappa shape index (κ1) is 10.9. The van der Waals surface area contributed by atoms with Crippen LogP contribution in [0.25, 0.3) is 0 Å². The van der Waals surface area contributed by atoms with E-state index in [0.717, 1.165) is 0 Å². The Hall–Kier alpha value is -1.16. The first-order valence-corrected chi connectivity index (χ1v) is 4.57. The summed E-state index contributed by atoms with van der Waals surface area (Å²) >= 11 is 4.84. The van der Waals surface area contributed by atoms with Crippen LogP contribution in [0.4, 0.5) is 4.39 Å². The molecule has 0 saturated heterocycles. The summed E-state index contributed by atoms with van der Waals surface area (Å²) in [7, 11) is 0. The van der Waals surface area contributed by atoms with E-state index in [9.17, 15) is 4.39 Å². The molecule has 0 fully saturated rings. The molecule has 0 heterocycles. The van der Waals surface area contributed by atoms with E-state index in [1.54, 1.807) is 13.8 Å². The van der Waals surface area contributed by atoms with E-state index < -0.39 is 5.60 Å². The number of thiocarbonyl (C=S) groups is 1. The number of hydrogen-bond donors (Lipinski definition) is 1. The van der Waals surface area contributed by atoms with E-state index in [2.05, 4.69) is 0 Å². The zero-order valence-electron chi connectivity index (χ0n) is 8.08. The van der Waals surface area contributed by atoms with Crippen LogP contribution in [0.1, 0.15) is 13.8 Å². The summed E-state index contributed by atoms with van der Waals surface area (Å²) in [6.45, 7) is 3.53. The molecule has 1 aromatic carbocycles. The molecule has 0 atom stereocenters. The summed E-state index contributed by atoms with van der Waals surface area (Å²) < 4.78 is 18.1. The summed E-state index contributed by atoms with van der Waals surface area (Å²) in [6.07, 6.45) is 0. The number of rotatable bonds is 3. The van der Waals surface area contributed by atoms with Gasteiger partial charge < -0.3 is 10.5 Å². The molecule has 0 unspecified atom stereocenters. The van der Waals surface area contributed by atoms with Gasteiger partial charge in [0.05, 0.1) is 0 Å². The molecule has 0 aliphatic rings. The van der Waals surface area contributed by atoms with Crippen LogP contribution in [0, 0.1) is 5.82 Å². The summed E-state index contributed by atoms with van der Waals surface area (Å²) in [5.74, 6) is 0.245. The number of benzene rings is 1. The van der Waals surface area contributed by atoms with Crippen LogP contribution >= 0.6 is 12.2 Å². The van der Waals surface area contributed by atoms with Gasteiger partial charge in [0.1, 0.15) is 16.6 Å². The van der Waals surface area contributed by atoms with Crippen molar-refractivity contribution < 1.29 is 9.13 Å². The quantitative estimate of drug-likeness (QED) is 0.782. The van der Waals surface area contributed by atoms with E-state index in [4.69, 9.17) is 22.7 Å². The minimum Gasteiger partial charge on any atom is -0.481 e. The van der Waals surface area contributed by atoms with E-state index in [1.165, 1.54) is 24.3 Å². The maximum Gasteiger partial charge on any atom is 0.153 e. The number of halogens is 1. The number of hydrogen-bond acceptors (Lipinski definition) is 2. The van der Waals surface area contributed by atoms with Gasteiger partial charge in [0, 0.05) is 0 Å². The molecular weight excluding hydrogens is 201 g/mol. The maximum absolute atomic E-state index is 12.6. The van der Waals surface area contributed by atoms with Crippen LogP contribution < -0.4 is 10.5 Å². The van der Waals surface area contributed by atoms with Gasteiger partial charge in [0.25, 0.3) is 0 Å². The minimum atomic E-state index is -0.715. The van der Waals surface area contributed by atoms with E-state index in [1.807, 2.05) is 0 Å². The highest BCUT2D eigenvalue weighted by Crippen LogP contribution is 2.18. The van der Waals surface area contributed by atoms with Gasteiger partial charge in [-0.25, -0.2) is 4.39 Å². The fourth-order valence-electron chi connectivity index (χ4n) is 0.848. The second-order valence-corrected chi connectivity index (χ2v) is 3.87. The van der Waals surface area contributed by atoms with E-state index in [-0.39, 0.29) is 10.8 Å². The second-order valence-electron chi connectivity index (χ2n) is 3.43. The molecule has 0 amide bonds. The Bertz CT molecular complexity index is 334. The molecule has 0 aromatic heterocycles. The molecule has 1 rings (SSSR count). The average Bonchev–Trinajstić information content (AvgIpc) is 2.08. The molecule has 0 radical (unpaired) electrons. The zero-order valence-corrected chi connectivity index (χ0v) is 8.90. The SMILES string of the molecule is CC(C)(Oc1ccc(F)cc1)C(N)=S. The van der Waals surface area contributed by atoms with Crippen LogP contribution in [0.2, 0.25) is 0 Å². The Balaban J connectivity index is 2.79. The molecule has 14 heavy (non-hydrogen) atoms. The topological polar surface area (TPSA) is 35.2 Å². The highest BCUT2D eigenvalue weighted by Gasteiger charge is 2.23. The van der Waals surface area contributed by atoms with Crippen LogP contribution in [-0.2, 0) is 0 Å². The second kappa shape index (κ2) is 3.92. The Labute approximate surface area is 87.9 Å². The van der Waals surface area contributed by atoms with Crippen LogP contribution in [-0.4, -0.2) is 10.6 Å². The lowest BCUT2D eigenvalue weighted by atomic mass is 10.1. The molecule has 4 heteroatoms. The summed E-state index contributed by atoms with van der Waals surface area (Å²) in [5.41, 5.74) is 4.77. The molecule has 76 valence electrons. The van der Waals surface area contributed by atoms with Crippen LogP contribution in [0.15, 0.2) is 24.3 Å². The largest absolute Gasteiger partial charge is 0.481 e. The van der Waals surface area contributed by atoms with Gasteiger partial charge in [-0.15, -0.1) is 0 Å². The fraction of sp³-hybridized carbons (Fsp3) is 0.300. The first-order valence-electron chi connectivity index (χ1n) is 4.16. The monoisotopic (exact) mass is 213 g/mol. The van der Waals surface area contributed by atoms with Crippen molar-refractivity contribution in [3.8, 4) is 5.75 Å². The minimum absolute atomic E-state index is 0.266. The van der Waals surface area contributed by atoms with Crippen molar-refractivity contribution in [3.05, 3.63) is 30.1 Å². The number of ether oxygens (including phenoxy) is 1. The van der Waals surface area contributed by atoms with Crippen molar-refractivity contribution in [1.82, 2.24) is 0 Å². The predicted octanol–water partition coefficient (Wildman–Crippen LogP) is 2.27. The third kappa shape index (κ3) is 2.67. The van der Waals surface area contributed by atoms with Gasteiger partial charge in [-0.1, -0.05) is 12.2 Å². The first-order chi connectivity index (χ1) is 6.42. The lowest BCUT2D eigenvalue weighted by Crippen LogP contribution is -2.41. The maximum atomic E-state index is 12.6. The normalized spacial score (nSPS) is 11.1. The van der Waals surface area contributed by atoms with Crippen molar-refractivity contribution in [2.75, 3.05) is 0 Å². The molecule has 2 nitrogen and oxygen atoms in total. The van der Waals surface area contributed by atoms with Gasteiger partial charge in [-0.2, -0.15) is 0 Å². The molecule has 0 bridgehead atoms. The van der Waals surface area contributed by atoms with E-state index >= 15 is 0 Å².